The summed E-state index contributed by atoms with van der Waals surface area (Å²) in [5, 5.41) is 10.1. The monoisotopic (exact) mass is 530 g/mol. The molecule has 1 N–H and O–H groups in total. The van der Waals surface area contributed by atoms with Crippen molar-refractivity contribution in [2.75, 3.05) is 0 Å². The van der Waals surface area contributed by atoms with Crippen LogP contribution in [-0.2, 0) is 0 Å². The van der Waals surface area contributed by atoms with Gasteiger partial charge in [0.05, 0.1) is 16.6 Å². The number of carboxylic acids is 1. The van der Waals surface area contributed by atoms with Crippen molar-refractivity contribution in [2.24, 2.45) is 0 Å². The number of carboxylic acid groups (broad SMARTS) is 1. The van der Waals surface area contributed by atoms with Crippen molar-refractivity contribution in [3.63, 3.8) is 0 Å². The number of aromatic carboxylic acids is 1. The Labute approximate surface area is 196 Å². The molecule has 0 aliphatic carbocycles. The highest BCUT2D eigenvalue weighted by atomic mass is 79.9. The van der Waals surface area contributed by atoms with Crippen LogP contribution in [-0.4, -0.2) is 20.2 Å². The third kappa shape index (κ3) is 3.38. The van der Waals surface area contributed by atoms with E-state index in [1.165, 1.54) is 17.0 Å². The van der Waals surface area contributed by atoms with Gasteiger partial charge in [0.2, 0.25) is 5.43 Å². The van der Waals surface area contributed by atoms with Crippen molar-refractivity contribution in [1.82, 2.24) is 9.13 Å². The SMILES string of the molecule is O=C(O)c1cn(-c2ccc(F)cc2F)c2c(F)c(-n3cc4ccc(Br)cc4c3)c(F)cc2c1=O. The first-order valence-corrected chi connectivity index (χ1v) is 10.5. The number of nitrogens with zero attached hydrogens (tertiary/aromatic N) is 2. The molecule has 0 unspecified atom stereocenters. The molecule has 5 aromatic rings. The maximum Gasteiger partial charge on any atom is 0.341 e. The molecule has 0 fully saturated rings. The van der Waals surface area contributed by atoms with Crippen LogP contribution in [0.1, 0.15) is 10.4 Å². The van der Waals surface area contributed by atoms with Crippen molar-refractivity contribution in [3.05, 3.63) is 105 Å². The Morgan fingerprint density at radius 1 is 0.882 bits per heavy atom. The first-order valence-electron chi connectivity index (χ1n) is 9.69. The minimum Gasteiger partial charge on any atom is -0.477 e. The number of pyridine rings is 1. The maximum absolute atomic E-state index is 15.9. The normalized spacial score (nSPS) is 11.4. The van der Waals surface area contributed by atoms with Crippen LogP contribution in [0.15, 0.2) is 70.3 Å². The van der Waals surface area contributed by atoms with Crippen LogP contribution in [0.2, 0.25) is 0 Å². The van der Waals surface area contributed by atoms with Gasteiger partial charge in [-0.15, -0.1) is 0 Å². The summed E-state index contributed by atoms with van der Waals surface area (Å²) in [6, 6.07) is 8.31. The number of fused-ring (bicyclic) bond motifs is 2. The predicted molar refractivity (Wildman–Crippen MR) is 121 cm³/mol. The Morgan fingerprint density at radius 2 is 1.62 bits per heavy atom. The van der Waals surface area contributed by atoms with E-state index in [1.54, 1.807) is 18.2 Å². The Balaban J connectivity index is 1.91. The fourth-order valence-corrected chi connectivity index (χ4v) is 4.28. The van der Waals surface area contributed by atoms with Gasteiger partial charge in [-0.3, -0.25) is 4.79 Å². The fraction of sp³-hybridized carbons (Fsp3) is 0. The first-order chi connectivity index (χ1) is 16.2. The van der Waals surface area contributed by atoms with Crippen molar-refractivity contribution in [2.45, 2.75) is 0 Å². The molecule has 0 amide bonds. The number of hydrogen-bond acceptors (Lipinski definition) is 2. The first kappa shape index (κ1) is 21.9. The predicted octanol–water partition coefficient (Wildman–Crippen LogP) is 5.95. The summed E-state index contributed by atoms with van der Waals surface area (Å²) in [4.78, 5) is 24.3. The summed E-state index contributed by atoms with van der Waals surface area (Å²) < 4.78 is 61.9. The van der Waals surface area contributed by atoms with Gasteiger partial charge in [0.1, 0.15) is 22.9 Å². The van der Waals surface area contributed by atoms with Crippen LogP contribution in [0.3, 0.4) is 0 Å². The molecule has 0 aliphatic rings. The summed E-state index contributed by atoms with van der Waals surface area (Å²) in [7, 11) is 0. The number of rotatable bonds is 3. The van der Waals surface area contributed by atoms with E-state index in [0.717, 1.165) is 27.4 Å². The minimum absolute atomic E-state index is 0.424. The van der Waals surface area contributed by atoms with Gasteiger partial charge >= 0.3 is 5.97 Å². The zero-order valence-electron chi connectivity index (χ0n) is 16.8. The Bertz CT molecular complexity index is 1730. The highest BCUT2D eigenvalue weighted by Crippen LogP contribution is 2.31. The topological polar surface area (TPSA) is 64.2 Å². The maximum atomic E-state index is 15.9. The lowest BCUT2D eigenvalue weighted by molar-refractivity contribution is 0.0695. The van der Waals surface area contributed by atoms with Crippen molar-refractivity contribution >= 4 is 43.6 Å². The zero-order valence-corrected chi connectivity index (χ0v) is 18.4. The lowest BCUT2D eigenvalue weighted by atomic mass is 10.1. The molecule has 0 atom stereocenters. The van der Waals surface area contributed by atoms with Gasteiger partial charge in [-0.2, -0.15) is 0 Å². The van der Waals surface area contributed by atoms with Gasteiger partial charge in [0, 0.05) is 34.5 Å². The van der Waals surface area contributed by atoms with E-state index in [1.807, 2.05) is 0 Å². The molecule has 0 saturated carbocycles. The van der Waals surface area contributed by atoms with Gasteiger partial charge in [0.15, 0.2) is 11.6 Å². The second kappa shape index (κ2) is 7.84. The van der Waals surface area contributed by atoms with Gasteiger partial charge in [-0.1, -0.05) is 22.0 Å². The number of halogens is 5. The Kier molecular flexibility index (Phi) is 5.05. The molecular formula is C24H11BrF4N2O3. The number of benzene rings is 3. The molecule has 5 rings (SSSR count). The zero-order chi connectivity index (χ0) is 24.3. The molecule has 0 saturated heterocycles. The van der Waals surface area contributed by atoms with E-state index in [9.17, 15) is 23.5 Å². The molecule has 2 heterocycles. The average molecular weight is 531 g/mol. The quantitative estimate of drug-likeness (QED) is 0.293. The third-order valence-electron chi connectivity index (χ3n) is 5.42. The molecule has 170 valence electrons. The van der Waals surface area contributed by atoms with Crippen LogP contribution >= 0.6 is 15.9 Å². The fourth-order valence-electron chi connectivity index (χ4n) is 3.90. The summed E-state index contributed by atoms with van der Waals surface area (Å²) in [5.41, 5.74) is -3.52. The summed E-state index contributed by atoms with van der Waals surface area (Å²) in [6.45, 7) is 0. The van der Waals surface area contributed by atoms with Crippen LogP contribution < -0.4 is 5.43 Å². The number of carbonyl (C=O) groups is 1. The number of aromatic nitrogens is 2. The average Bonchev–Trinajstić information content (AvgIpc) is 3.17. The molecule has 2 aromatic heterocycles. The Hall–Kier alpha value is -3.92. The molecule has 0 aliphatic heterocycles. The molecule has 10 heteroatoms. The van der Waals surface area contributed by atoms with E-state index in [-0.39, 0.29) is 0 Å². The van der Waals surface area contributed by atoms with E-state index in [0.29, 0.717) is 22.9 Å². The summed E-state index contributed by atoms with van der Waals surface area (Å²) in [6.07, 6.45) is 3.68. The standard InChI is InChI=1S/C24H11BrF4N2O3/c25-13-2-1-11-8-30(9-12(11)5-13)22-18(28)7-15-21(20(22)29)31(10-16(23(15)32)24(33)34)19-4-3-14(26)6-17(19)27/h1-10H,(H,33,34). The highest BCUT2D eigenvalue weighted by molar-refractivity contribution is 9.10. The van der Waals surface area contributed by atoms with Gasteiger partial charge in [-0.25, -0.2) is 22.4 Å². The number of hydrogen-bond donors (Lipinski definition) is 1. The lowest BCUT2D eigenvalue weighted by Crippen LogP contribution is -2.20. The van der Waals surface area contributed by atoms with Gasteiger partial charge in [0.25, 0.3) is 0 Å². The molecule has 34 heavy (non-hydrogen) atoms. The molecule has 0 spiro atoms. The lowest BCUT2D eigenvalue weighted by Gasteiger charge is -2.16. The van der Waals surface area contributed by atoms with Crippen LogP contribution in [0.25, 0.3) is 33.1 Å². The third-order valence-corrected chi connectivity index (χ3v) is 5.91. The van der Waals surface area contributed by atoms with E-state index in [2.05, 4.69) is 15.9 Å². The highest BCUT2D eigenvalue weighted by Gasteiger charge is 2.24. The van der Waals surface area contributed by atoms with Gasteiger partial charge < -0.3 is 14.2 Å². The molecule has 0 bridgehead atoms. The largest absolute Gasteiger partial charge is 0.477 e. The smallest absolute Gasteiger partial charge is 0.341 e. The second-order valence-electron chi connectivity index (χ2n) is 7.50. The van der Waals surface area contributed by atoms with E-state index < -0.39 is 62.5 Å². The van der Waals surface area contributed by atoms with E-state index >= 15 is 8.78 Å². The van der Waals surface area contributed by atoms with E-state index in [4.69, 9.17) is 0 Å². The van der Waals surface area contributed by atoms with Crippen molar-refractivity contribution < 1.29 is 27.5 Å². The minimum atomic E-state index is -1.67. The summed E-state index contributed by atoms with van der Waals surface area (Å²) in [5.74, 6) is -6.08. The van der Waals surface area contributed by atoms with Crippen LogP contribution in [0, 0.1) is 23.3 Å². The summed E-state index contributed by atoms with van der Waals surface area (Å²) >= 11 is 3.33. The second-order valence-corrected chi connectivity index (χ2v) is 8.41. The van der Waals surface area contributed by atoms with Crippen LogP contribution in [0.4, 0.5) is 17.6 Å². The molecule has 5 nitrogen and oxygen atoms in total. The van der Waals surface area contributed by atoms with Crippen LogP contribution in [0.5, 0.6) is 0 Å². The molecule has 0 radical (unpaired) electrons. The Morgan fingerprint density at radius 3 is 2.32 bits per heavy atom. The molecular weight excluding hydrogens is 520 g/mol. The molecule has 3 aromatic carbocycles. The van der Waals surface area contributed by atoms with Gasteiger partial charge in [-0.05, 0) is 35.7 Å². The van der Waals surface area contributed by atoms with Crippen molar-refractivity contribution in [3.8, 4) is 11.4 Å². The van der Waals surface area contributed by atoms with Crippen molar-refractivity contribution in [1.29, 1.82) is 0 Å².